The van der Waals surface area contributed by atoms with Crippen molar-refractivity contribution in [2.45, 2.75) is 42.7 Å². The van der Waals surface area contributed by atoms with Crippen molar-refractivity contribution in [1.29, 1.82) is 0 Å². The first kappa shape index (κ1) is 27.1. The molecule has 11 heteroatoms. The Morgan fingerprint density at radius 1 is 0.865 bits per heavy atom. The van der Waals surface area contributed by atoms with Gasteiger partial charge < -0.3 is 54.3 Å². The topological polar surface area (TPSA) is 168 Å². The molecule has 2 aromatic carbocycles. The van der Waals surface area contributed by atoms with E-state index in [1.165, 1.54) is 14.2 Å². The first-order valence-electron chi connectivity index (χ1n) is 11.8. The summed E-state index contributed by atoms with van der Waals surface area (Å²) < 4.78 is 28.4. The number of hydrogen-bond acceptors (Lipinski definition) is 11. The van der Waals surface area contributed by atoms with Gasteiger partial charge in [0.15, 0.2) is 23.0 Å². The summed E-state index contributed by atoms with van der Waals surface area (Å²) >= 11 is 0. The number of benzene rings is 2. The molecule has 1 fully saturated rings. The van der Waals surface area contributed by atoms with Crippen LogP contribution in [0.25, 0.3) is 6.08 Å². The highest BCUT2D eigenvalue weighted by Gasteiger charge is 2.45. The molecule has 1 saturated heterocycles. The average Bonchev–Trinajstić information content (AvgIpc) is 3.30. The molecule has 0 bridgehead atoms. The number of methoxy groups -OCH3 is 2. The van der Waals surface area contributed by atoms with Crippen LogP contribution in [0.5, 0.6) is 23.0 Å². The van der Waals surface area contributed by atoms with Crippen molar-refractivity contribution in [2.24, 2.45) is 0 Å². The van der Waals surface area contributed by atoms with Crippen molar-refractivity contribution in [3.63, 3.8) is 0 Å². The zero-order valence-corrected chi connectivity index (χ0v) is 20.4. The van der Waals surface area contributed by atoms with E-state index in [-0.39, 0.29) is 24.7 Å². The first-order valence-corrected chi connectivity index (χ1v) is 11.8. The maximum Gasteiger partial charge on any atom is 0.229 e. The van der Waals surface area contributed by atoms with Crippen molar-refractivity contribution in [1.82, 2.24) is 0 Å². The monoisotopic (exact) mass is 520 g/mol. The Morgan fingerprint density at radius 3 is 2.27 bits per heavy atom. The third kappa shape index (κ3) is 5.25. The quantitative estimate of drug-likeness (QED) is 0.265. The summed E-state index contributed by atoms with van der Waals surface area (Å²) in [6, 6.07) is 8.60. The third-order valence-corrected chi connectivity index (χ3v) is 6.56. The molecule has 0 aliphatic carbocycles. The lowest BCUT2D eigenvalue weighted by molar-refractivity contribution is -0.277. The highest BCUT2D eigenvalue weighted by Crippen LogP contribution is 2.51. The van der Waals surface area contributed by atoms with Gasteiger partial charge in [-0.2, -0.15) is 0 Å². The largest absolute Gasteiger partial charge is 0.493 e. The lowest BCUT2D eigenvalue weighted by atomic mass is 9.90. The second-order valence-electron chi connectivity index (χ2n) is 8.78. The van der Waals surface area contributed by atoms with E-state index in [1.807, 2.05) is 6.07 Å². The van der Waals surface area contributed by atoms with Gasteiger partial charge in [0.25, 0.3) is 0 Å². The SMILES string of the molecule is COc1cc([C@H]2Oc3c(OC)cc(/C=C/CO)cc3[C@H]2CO)ccc1O[C@@H]1O[C@H](CO)[C@@H](O)[C@H](O)[C@H]1O. The van der Waals surface area contributed by atoms with Crippen LogP contribution in [0.4, 0.5) is 0 Å². The van der Waals surface area contributed by atoms with Gasteiger partial charge in [-0.25, -0.2) is 0 Å². The molecule has 0 saturated carbocycles. The fourth-order valence-corrected chi connectivity index (χ4v) is 4.60. The van der Waals surface area contributed by atoms with Crippen molar-refractivity contribution < 1.29 is 54.3 Å². The Morgan fingerprint density at radius 2 is 1.62 bits per heavy atom. The fraction of sp³-hybridized carbons (Fsp3) is 0.462. The Bertz CT molecular complexity index is 1100. The number of ether oxygens (including phenoxy) is 5. The molecule has 6 N–H and O–H groups in total. The standard InChI is InChI=1S/C26H32O11/c1-33-18-10-14(5-6-17(18)35-26-23(32)22(31)21(30)20(12-29)36-26)24-16(11-28)15-8-13(4-3-7-27)9-19(34-2)25(15)37-24/h3-6,8-10,16,20-24,26-32H,7,11-12H2,1-2H3/b4-3+/t16-,20-,21-,22+,23-,24-,26-/m1/s1. The predicted octanol–water partition coefficient (Wildman–Crippen LogP) is 0.0976. The molecular formula is C26H32O11. The van der Waals surface area contributed by atoms with Crippen molar-refractivity contribution in [3.8, 4) is 23.0 Å². The van der Waals surface area contributed by atoms with Gasteiger partial charge in [-0.3, -0.25) is 0 Å². The van der Waals surface area contributed by atoms with Gasteiger partial charge in [0.05, 0.1) is 40.0 Å². The lowest BCUT2D eigenvalue weighted by Crippen LogP contribution is -2.60. The van der Waals surface area contributed by atoms with E-state index in [1.54, 1.807) is 36.4 Å². The van der Waals surface area contributed by atoms with Gasteiger partial charge in [-0.1, -0.05) is 18.2 Å². The first-order chi connectivity index (χ1) is 17.9. The Labute approximate surface area is 213 Å². The molecule has 0 amide bonds. The summed E-state index contributed by atoms with van der Waals surface area (Å²) in [4.78, 5) is 0. The van der Waals surface area contributed by atoms with Crippen LogP contribution in [-0.4, -0.2) is 95.4 Å². The van der Waals surface area contributed by atoms with Crippen LogP contribution < -0.4 is 18.9 Å². The maximum atomic E-state index is 10.3. The van der Waals surface area contributed by atoms with Gasteiger partial charge in [0, 0.05) is 5.56 Å². The van der Waals surface area contributed by atoms with Crippen LogP contribution in [0, 0.1) is 0 Å². The van der Waals surface area contributed by atoms with Crippen LogP contribution in [0.2, 0.25) is 0 Å². The molecule has 37 heavy (non-hydrogen) atoms. The van der Waals surface area contributed by atoms with Crippen LogP contribution in [0.15, 0.2) is 36.4 Å². The third-order valence-electron chi connectivity index (χ3n) is 6.56. The fourth-order valence-electron chi connectivity index (χ4n) is 4.60. The number of fused-ring (bicyclic) bond motifs is 1. The Balaban J connectivity index is 1.61. The van der Waals surface area contributed by atoms with Gasteiger partial charge in [0.2, 0.25) is 6.29 Å². The maximum absolute atomic E-state index is 10.3. The van der Waals surface area contributed by atoms with Gasteiger partial charge in [-0.05, 0) is 35.4 Å². The van der Waals surface area contributed by atoms with Gasteiger partial charge in [-0.15, -0.1) is 0 Å². The summed E-state index contributed by atoms with van der Waals surface area (Å²) in [5.74, 6) is 1.03. The highest BCUT2D eigenvalue weighted by molar-refractivity contribution is 5.62. The summed E-state index contributed by atoms with van der Waals surface area (Å²) in [7, 11) is 2.95. The minimum Gasteiger partial charge on any atom is -0.493 e. The zero-order valence-electron chi connectivity index (χ0n) is 20.4. The summed E-state index contributed by atoms with van der Waals surface area (Å²) in [5, 5.41) is 59.1. The summed E-state index contributed by atoms with van der Waals surface area (Å²) in [5.41, 5.74) is 2.21. The zero-order chi connectivity index (χ0) is 26.7. The van der Waals surface area contributed by atoms with Crippen molar-refractivity contribution in [2.75, 3.05) is 34.0 Å². The molecule has 0 spiro atoms. The van der Waals surface area contributed by atoms with E-state index in [9.17, 15) is 25.5 Å². The highest BCUT2D eigenvalue weighted by atomic mass is 16.7. The molecule has 4 rings (SSSR count). The van der Waals surface area contributed by atoms with Crippen molar-refractivity contribution in [3.05, 3.63) is 53.1 Å². The minimum atomic E-state index is -1.58. The minimum absolute atomic E-state index is 0.112. The second kappa shape index (κ2) is 11.7. The van der Waals surface area contributed by atoms with Crippen LogP contribution in [-0.2, 0) is 4.74 Å². The van der Waals surface area contributed by atoms with E-state index >= 15 is 0 Å². The number of hydrogen-bond donors (Lipinski definition) is 6. The summed E-state index contributed by atoms with van der Waals surface area (Å²) in [6.45, 7) is -0.900. The van der Waals surface area contributed by atoms with Crippen LogP contribution >= 0.6 is 0 Å². The Hall–Kier alpha value is -2.90. The Kier molecular flexibility index (Phi) is 8.55. The average molecular weight is 521 g/mol. The normalized spacial score (nSPS) is 29.1. The van der Waals surface area contributed by atoms with Gasteiger partial charge >= 0.3 is 0 Å². The number of aliphatic hydroxyl groups is 6. The van der Waals surface area contributed by atoms with E-state index in [4.69, 9.17) is 28.8 Å². The second-order valence-corrected chi connectivity index (χ2v) is 8.78. The number of aliphatic hydroxyl groups excluding tert-OH is 6. The van der Waals surface area contributed by atoms with E-state index in [0.29, 0.717) is 17.1 Å². The molecule has 202 valence electrons. The molecular weight excluding hydrogens is 488 g/mol. The molecule has 0 aromatic heterocycles. The molecule has 11 nitrogen and oxygen atoms in total. The van der Waals surface area contributed by atoms with Crippen LogP contribution in [0.1, 0.15) is 28.7 Å². The summed E-state index contributed by atoms with van der Waals surface area (Å²) in [6.07, 6.45) is -4.38. The molecule has 7 atom stereocenters. The molecule has 0 radical (unpaired) electrons. The molecule has 2 heterocycles. The molecule has 0 unspecified atom stereocenters. The van der Waals surface area contributed by atoms with E-state index < -0.39 is 49.3 Å². The van der Waals surface area contributed by atoms with Crippen LogP contribution in [0.3, 0.4) is 0 Å². The lowest BCUT2D eigenvalue weighted by Gasteiger charge is -2.39. The molecule has 2 aliphatic rings. The van der Waals surface area contributed by atoms with E-state index in [2.05, 4.69) is 0 Å². The van der Waals surface area contributed by atoms with E-state index in [0.717, 1.165) is 11.1 Å². The smallest absolute Gasteiger partial charge is 0.229 e. The predicted molar refractivity (Wildman–Crippen MR) is 130 cm³/mol. The van der Waals surface area contributed by atoms with Crippen molar-refractivity contribution >= 4 is 6.08 Å². The molecule has 2 aliphatic heterocycles. The van der Waals surface area contributed by atoms with Gasteiger partial charge in [0.1, 0.15) is 30.5 Å². The number of rotatable bonds is 9. The molecule has 2 aromatic rings.